The minimum atomic E-state index is -0.833. The summed E-state index contributed by atoms with van der Waals surface area (Å²) < 4.78 is 15.8. The molecule has 0 aromatic heterocycles. The Morgan fingerprint density at radius 2 is 1.79 bits per heavy atom. The maximum atomic E-state index is 12.0. The Kier molecular flexibility index (Phi) is 13.8. The van der Waals surface area contributed by atoms with E-state index in [-0.39, 0.29) is 17.9 Å². The number of benzene rings is 1. The van der Waals surface area contributed by atoms with Gasteiger partial charge in [-0.2, -0.15) is 0 Å². The fourth-order valence-corrected chi connectivity index (χ4v) is 2.06. The third-order valence-electron chi connectivity index (χ3n) is 3.73. The van der Waals surface area contributed by atoms with Crippen LogP contribution < -0.4 is 21.1 Å². The lowest BCUT2D eigenvalue weighted by atomic mass is 10.1. The summed E-state index contributed by atoms with van der Waals surface area (Å²) in [5.41, 5.74) is 6.39. The van der Waals surface area contributed by atoms with Gasteiger partial charge >= 0.3 is 0 Å². The predicted molar refractivity (Wildman–Crippen MR) is 113 cm³/mol. The number of methoxy groups -OCH3 is 1. The second kappa shape index (κ2) is 15.2. The van der Waals surface area contributed by atoms with Crippen LogP contribution in [0.4, 0.5) is 10.1 Å². The smallest absolute Gasteiger partial charge is 0.248 e. The lowest BCUT2D eigenvalue weighted by Gasteiger charge is -2.17. The summed E-state index contributed by atoms with van der Waals surface area (Å²) in [5, 5.41) is 5.61. The van der Waals surface area contributed by atoms with E-state index >= 15 is 0 Å². The van der Waals surface area contributed by atoms with Crippen LogP contribution in [0.25, 0.3) is 0 Å². The Morgan fingerprint density at radius 3 is 2.24 bits per heavy atom. The Balaban J connectivity index is 0.00000139. The van der Waals surface area contributed by atoms with E-state index in [4.69, 9.17) is 10.5 Å². The van der Waals surface area contributed by atoms with Crippen LogP contribution in [0.3, 0.4) is 0 Å². The topological polar surface area (TPSA) is 111 Å². The van der Waals surface area contributed by atoms with Crippen LogP contribution in [0.15, 0.2) is 36.4 Å². The molecule has 0 saturated carbocycles. The zero-order valence-corrected chi connectivity index (χ0v) is 17.5. The molecule has 0 saturated heterocycles. The summed E-state index contributed by atoms with van der Waals surface area (Å²) in [7, 11) is 1.59. The van der Waals surface area contributed by atoms with Crippen LogP contribution in [0.5, 0.6) is 5.75 Å². The molecule has 8 heteroatoms. The van der Waals surface area contributed by atoms with Crippen LogP contribution >= 0.6 is 0 Å². The molecule has 7 nitrogen and oxygen atoms in total. The Bertz CT molecular complexity index is 662. The maximum Gasteiger partial charge on any atom is 0.248 e. The van der Waals surface area contributed by atoms with Crippen molar-refractivity contribution in [3.05, 3.63) is 36.4 Å². The van der Waals surface area contributed by atoms with Crippen LogP contribution in [-0.2, 0) is 14.4 Å². The van der Waals surface area contributed by atoms with Crippen molar-refractivity contribution in [1.29, 1.82) is 0 Å². The van der Waals surface area contributed by atoms with Crippen molar-refractivity contribution in [2.75, 3.05) is 19.1 Å². The molecule has 29 heavy (non-hydrogen) atoms. The fraction of sp³-hybridized carbons (Fsp3) is 0.476. The van der Waals surface area contributed by atoms with E-state index in [1.54, 1.807) is 37.5 Å². The van der Waals surface area contributed by atoms with Gasteiger partial charge in [-0.1, -0.05) is 26.3 Å². The van der Waals surface area contributed by atoms with E-state index in [1.165, 1.54) is 13.0 Å². The van der Waals surface area contributed by atoms with Crippen molar-refractivity contribution in [2.45, 2.75) is 52.1 Å². The number of ether oxygens (including phenoxy) is 1. The monoisotopic (exact) mass is 409 g/mol. The van der Waals surface area contributed by atoms with E-state index in [2.05, 4.69) is 10.6 Å². The van der Waals surface area contributed by atoms with E-state index < -0.39 is 18.5 Å². The molecule has 4 N–H and O–H groups in total. The highest BCUT2D eigenvalue weighted by molar-refractivity contribution is 5.99. The van der Waals surface area contributed by atoms with Gasteiger partial charge in [-0.3, -0.25) is 14.4 Å². The van der Waals surface area contributed by atoms with Crippen molar-refractivity contribution in [1.82, 2.24) is 5.32 Å². The summed E-state index contributed by atoms with van der Waals surface area (Å²) in [4.78, 5) is 33.3. The molecule has 0 aliphatic heterocycles. The highest BCUT2D eigenvalue weighted by atomic mass is 19.1. The molecule has 2 atom stereocenters. The number of ketones is 1. The van der Waals surface area contributed by atoms with Gasteiger partial charge in [-0.25, -0.2) is 4.39 Å². The van der Waals surface area contributed by atoms with Gasteiger partial charge in [0.15, 0.2) is 5.78 Å². The number of hydrogen-bond acceptors (Lipinski definition) is 5. The molecule has 0 heterocycles. The number of anilines is 1. The molecule has 0 spiro atoms. The number of Topliss-reactive ketones (excluding diaryl/α,β-unsaturated/α-hetero) is 1. The average Bonchev–Trinajstić information content (AvgIpc) is 2.72. The van der Waals surface area contributed by atoms with E-state index in [0.717, 1.165) is 18.6 Å². The molecule has 162 valence electrons. The van der Waals surface area contributed by atoms with E-state index in [1.807, 2.05) is 13.8 Å². The van der Waals surface area contributed by atoms with Crippen LogP contribution in [0, 0.1) is 0 Å². The van der Waals surface area contributed by atoms with Crippen molar-refractivity contribution >= 4 is 23.3 Å². The quantitative estimate of drug-likeness (QED) is 0.515. The second-order valence-corrected chi connectivity index (χ2v) is 6.33. The number of hydrogen-bond donors (Lipinski definition) is 3. The third kappa shape index (κ3) is 12.4. The van der Waals surface area contributed by atoms with Gasteiger partial charge in [0.25, 0.3) is 0 Å². The summed E-state index contributed by atoms with van der Waals surface area (Å²) in [5.74, 6) is -0.141. The molecule has 1 aromatic carbocycles. The lowest BCUT2D eigenvalue weighted by molar-refractivity contribution is -0.123. The van der Waals surface area contributed by atoms with Gasteiger partial charge in [0.2, 0.25) is 11.8 Å². The fourth-order valence-electron chi connectivity index (χ4n) is 2.06. The summed E-state index contributed by atoms with van der Waals surface area (Å²) in [6, 6.07) is 6.33. The third-order valence-corrected chi connectivity index (χ3v) is 3.73. The van der Waals surface area contributed by atoms with Crippen molar-refractivity contribution in [3.63, 3.8) is 0 Å². The number of alkyl halides is 1. The van der Waals surface area contributed by atoms with Gasteiger partial charge in [0.05, 0.1) is 13.2 Å². The lowest BCUT2D eigenvalue weighted by Crippen LogP contribution is -2.44. The Hall–Kier alpha value is -2.74. The van der Waals surface area contributed by atoms with Crippen LogP contribution in [-0.4, -0.2) is 43.5 Å². The van der Waals surface area contributed by atoms with E-state index in [0.29, 0.717) is 12.1 Å². The van der Waals surface area contributed by atoms with Crippen LogP contribution in [0.1, 0.15) is 40.0 Å². The SMILES string of the molecule is CC(=O)CF.CCC[C@@H](/C=C/C(=O)Nc1ccc(OC)cc1)NC(=O)[C@@H](N)CC. The molecule has 1 aromatic rings. The molecule has 0 aliphatic rings. The number of amides is 2. The van der Waals surface area contributed by atoms with Gasteiger partial charge in [0.1, 0.15) is 12.4 Å². The van der Waals surface area contributed by atoms with Crippen LogP contribution in [0.2, 0.25) is 0 Å². The zero-order chi connectivity index (χ0) is 22.2. The average molecular weight is 410 g/mol. The molecular formula is C21H32FN3O4. The molecule has 1 rings (SSSR count). The summed E-state index contributed by atoms with van der Waals surface area (Å²) in [6.45, 7) is 4.25. The predicted octanol–water partition coefficient (Wildman–Crippen LogP) is 2.76. The number of carbonyl (C=O) groups is 3. The molecule has 0 unspecified atom stereocenters. The highest BCUT2D eigenvalue weighted by Gasteiger charge is 2.14. The van der Waals surface area contributed by atoms with Gasteiger partial charge in [-0.05, 0) is 44.0 Å². The molecule has 0 radical (unpaired) electrons. The first-order valence-corrected chi connectivity index (χ1v) is 9.51. The molecule has 0 aliphatic carbocycles. The zero-order valence-electron chi connectivity index (χ0n) is 17.5. The van der Waals surface area contributed by atoms with Gasteiger partial charge in [0, 0.05) is 17.8 Å². The first-order valence-electron chi connectivity index (χ1n) is 9.51. The highest BCUT2D eigenvalue weighted by Crippen LogP contribution is 2.14. The second-order valence-electron chi connectivity index (χ2n) is 6.33. The van der Waals surface area contributed by atoms with Gasteiger partial charge < -0.3 is 21.1 Å². The largest absolute Gasteiger partial charge is 0.497 e. The summed E-state index contributed by atoms with van der Waals surface area (Å²) >= 11 is 0. The molecule has 0 bridgehead atoms. The van der Waals surface area contributed by atoms with Gasteiger partial charge in [-0.15, -0.1) is 0 Å². The standard InChI is InChI=1S/C18H27N3O3.C3H5FO/c1-4-6-13(21-18(23)16(19)5-2)9-12-17(22)20-14-7-10-15(24-3)11-8-14;1-3(5)2-4/h7-13,16H,4-6,19H2,1-3H3,(H,20,22)(H,21,23);2H2,1H3/b12-9+;/t13-,16-;/m0./s1. The van der Waals surface area contributed by atoms with Crippen molar-refractivity contribution in [2.24, 2.45) is 5.73 Å². The first kappa shape index (κ1) is 26.3. The molecule has 2 amide bonds. The Labute approximate surface area is 171 Å². The molecule has 0 fully saturated rings. The normalized spacial score (nSPS) is 12.3. The maximum absolute atomic E-state index is 12.0. The van der Waals surface area contributed by atoms with Crippen molar-refractivity contribution < 1.29 is 23.5 Å². The number of rotatable bonds is 10. The minimum absolute atomic E-state index is 0.198. The number of halogens is 1. The number of nitrogens with one attached hydrogen (secondary N) is 2. The first-order chi connectivity index (χ1) is 13.8. The molecular weight excluding hydrogens is 377 g/mol. The summed E-state index contributed by atoms with van der Waals surface area (Å²) in [6.07, 6.45) is 5.34. The Morgan fingerprint density at radius 1 is 1.21 bits per heavy atom. The van der Waals surface area contributed by atoms with E-state index in [9.17, 15) is 18.8 Å². The van der Waals surface area contributed by atoms with Crippen molar-refractivity contribution in [3.8, 4) is 5.75 Å². The minimum Gasteiger partial charge on any atom is -0.497 e. The number of nitrogens with two attached hydrogens (primary N) is 1. The number of carbonyl (C=O) groups excluding carboxylic acids is 3.